The van der Waals surface area contributed by atoms with Gasteiger partial charge >= 0.3 is 0 Å². The topological polar surface area (TPSA) is 88.6 Å². The number of nitriles is 1. The summed E-state index contributed by atoms with van der Waals surface area (Å²) in [5.41, 5.74) is 0.360. The number of hydrogen-bond donors (Lipinski definition) is 1. The van der Waals surface area contributed by atoms with Gasteiger partial charge < -0.3 is 10.1 Å². The van der Waals surface area contributed by atoms with E-state index in [4.69, 9.17) is 16.8 Å². The maximum Gasteiger partial charge on any atom is 0.183 e. The first-order valence-corrected chi connectivity index (χ1v) is 7.71. The summed E-state index contributed by atoms with van der Waals surface area (Å²) in [6.45, 7) is 2.32. The van der Waals surface area contributed by atoms with Crippen LogP contribution in [0.2, 0.25) is 0 Å². The summed E-state index contributed by atoms with van der Waals surface area (Å²) in [6, 6.07) is 2.41. The van der Waals surface area contributed by atoms with Crippen molar-refractivity contribution in [1.29, 1.82) is 5.26 Å². The van der Waals surface area contributed by atoms with E-state index < -0.39 is 0 Å². The normalized spacial score (nSPS) is 26.4. The molecule has 0 unspecified atom stereocenters. The maximum atomic E-state index is 9.18. The lowest BCUT2D eigenvalue weighted by molar-refractivity contribution is 0.104. The van der Waals surface area contributed by atoms with Crippen molar-refractivity contribution in [2.24, 2.45) is 5.16 Å². The van der Waals surface area contributed by atoms with Crippen LogP contribution in [0.15, 0.2) is 17.5 Å². The number of piperidine rings is 1. The standard InChI is InChI=1S/C14H17ClN6O/c15-13(19-22)12-3-1-2-10-9-20(6-7-21(10)12)14-11(8-16)17-4-5-18-14/h4-5,10,12,22H,1-3,6-7,9H2/b19-13-/t10-,12+/m0/s1. The summed E-state index contributed by atoms with van der Waals surface area (Å²) in [6.07, 6.45) is 6.16. The first-order valence-electron chi connectivity index (χ1n) is 7.34. The number of piperazine rings is 1. The quantitative estimate of drug-likeness (QED) is 0.503. The van der Waals surface area contributed by atoms with Crippen LogP contribution in [-0.2, 0) is 0 Å². The Hall–Kier alpha value is -1.91. The molecule has 3 rings (SSSR count). The Labute approximate surface area is 133 Å². The van der Waals surface area contributed by atoms with Crippen LogP contribution in [0.1, 0.15) is 25.0 Å². The van der Waals surface area contributed by atoms with Gasteiger partial charge in [-0.1, -0.05) is 16.8 Å². The molecular formula is C14H17ClN6O. The molecule has 0 bridgehead atoms. The summed E-state index contributed by atoms with van der Waals surface area (Å²) in [5.74, 6) is 0.647. The Morgan fingerprint density at radius 3 is 2.95 bits per heavy atom. The van der Waals surface area contributed by atoms with Crippen LogP contribution in [0.25, 0.3) is 0 Å². The van der Waals surface area contributed by atoms with Gasteiger partial charge in [-0.25, -0.2) is 9.97 Å². The van der Waals surface area contributed by atoms with Crippen LogP contribution in [-0.4, -0.2) is 57.0 Å². The second-order valence-electron chi connectivity index (χ2n) is 5.55. The second kappa shape index (κ2) is 6.46. The van der Waals surface area contributed by atoms with Crippen molar-refractivity contribution in [3.8, 4) is 6.07 Å². The highest BCUT2D eigenvalue weighted by molar-refractivity contribution is 6.66. The molecule has 1 aromatic heterocycles. The molecule has 116 valence electrons. The Morgan fingerprint density at radius 1 is 1.36 bits per heavy atom. The predicted octanol–water partition coefficient (Wildman–Crippen LogP) is 1.42. The molecule has 7 nitrogen and oxygen atoms in total. The Kier molecular flexibility index (Phi) is 4.41. The van der Waals surface area contributed by atoms with Crippen molar-refractivity contribution >= 4 is 22.6 Å². The van der Waals surface area contributed by atoms with E-state index in [1.807, 2.05) is 0 Å². The van der Waals surface area contributed by atoms with Crippen molar-refractivity contribution < 1.29 is 5.21 Å². The van der Waals surface area contributed by atoms with E-state index in [0.29, 0.717) is 17.6 Å². The average molecular weight is 321 g/mol. The van der Waals surface area contributed by atoms with E-state index in [-0.39, 0.29) is 11.2 Å². The van der Waals surface area contributed by atoms with Crippen LogP contribution in [0.4, 0.5) is 5.82 Å². The smallest absolute Gasteiger partial charge is 0.183 e. The number of halogens is 1. The van der Waals surface area contributed by atoms with E-state index in [0.717, 1.165) is 38.9 Å². The SMILES string of the molecule is N#Cc1nccnc1N1CCN2[C@@H](CCC[C@@H]2/C(Cl)=N/O)C1. The van der Waals surface area contributed by atoms with Gasteiger partial charge in [0.1, 0.15) is 6.07 Å². The van der Waals surface area contributed by atoms with Crippen molar-refractivity contribution in [3.63, 3.8) is 0 Å². The second-order valence-corrected chi connectivity index (χ2v) is 5.93. The van der Waals surface area contributed by atoms with Gasteiger partial charge in [-0.05, 0) is 19.3 Å². The third-order valence-electron chi connectivity index (χ3n) is 4.40. The van der Waals surface area contributed by atoms with E-state index in [1.165, 1.54) is 6.20 Å². The predicted molar refractivity (Wildman–Crippen MR) is 82.2 cm³/mol. The third kappa shape index (κ3) is 2.72. The van der Waals surface area contributed by atoms with Crippen molar-refractivity contribution in [2.75, 3.05) is 24.5 Å². The van der Waals surface area contributed by atoms with Gasteiger partial charge in [-0.3, -0.25) is 4.90 Å². The zero-order chi connectivity index (χ0) is 15.5. The van der Waals surface area contributed by atoms with Gasteiger partial charge in [-0.2, -0.15) is 5.26 Å². The molecule has 2 fully saturated rings. The molecule has 1 N–H and O–H groups in total. The zero-order valence-corrected chi connectivity index (χ0v) is 12.8. The van der Waals surface area contributed by atoms with Crippen LogP contribution in [0.3, 0.4) is 0 Å². The lowest BCUT2D eigenvalue weighted by Gasteiger charge is -2.47. The first kappa shape index (κ1) is 15.0. The average Bonchev–Trinajstić information content (AvgIpc) is 2.60. The molecule has 2 aliphatic heterocycles. The summed E-state index contributed by atoms with van der Waals surface area (Å²) in [7, 11) is 0. The van der Waals surface area contributed by atoms with E-state index >= 15 is 0 Å². The maximum absolute atomic E-state index is 9.18. The summed E-state index contributed by atoms with van der Waals surface area (Å²) in [4.78, 5) is 12.8. The molecule has 0 saturated carbocycles. The van der Waals surface area contributed by atoms with Gasteiger partial charge in [0.05, 0.1) is 6.04 Å². The summed E-state index contributed by atoms with van der Waals surface area (Å²) >= 11 is 6.04. The van der Waals surface area contributed by atoms with Crippen molar-refractivity contribution in [3.05, 3.63) is 18.1 Å². The molecule has 2 atom stereocenters. The largest absolute Gasteiger partial charge is 0.410 e. The molecule has 0 spiro atoms. The fourth-order valence-electron chi connectivity index (χ4n) is 3.41. The highest BCUT2D eigenvalue weighted by atomic mass is 35.5. The van der Waals surface area contributed by atoms with Crippen molar-refractivity contribution in [2.45, 2.75) is 31.3 Å². The lowest BCUT2D eigenvalue weighted by Crippen LogP contribution is -2.60. The molecular weight excluding hydrogens is 304 g/mol. The molecule has 0 aromatic carbocycles. The van der Waals surface area contributed by atoms with Crippen LogP contribution in [0.5, 0.6) is 0 Å². The molecule has 0 amide bonds. The number of fused-ring (bicyclic) bond motifs is 1. The lowest BCUT2D eigenvalue weighted by atomic mass is 9.93. The van der Waals surface area contributed by atoms with Crippen molar-refractivity contribution in [1.82, 2.24) is 14.9 Å². The molecule has 1 aromatic rings. The first-order chi connectivity index (χ1) is 10.7. The van der Waals surface area contributed by atoms with E-state index in [1.54, 1.807) is 6.20 Å². The number of anilines is 1. The Morgan fingerprint density at radius 2 is 2.18 bits per heavy atom. The number of oxime groups is 1. The molecule has 8 heteroatoms. The molecule has 0 aliphatic carbocycles. The Balaban J connectivity index is 1.79. The third-order valence-corrected chi connectivity index (χ3v) is 4.73. The van der Waals surface area contributed by atoms with Crippen LogP contribution in [0, 0.1) is 11.3 Å². The fourth-order valence-corrected chi connectivity index (χ4v) is 3.64. The number of rotatable bonds is 2. The van der Waals surface area contributed by atoms with Crippen LogP contribution < -0.4 is 4.90 Å². The van der Waals surface area contributed by atoms with Gasteiger partial charge in [0.25, 0.3) is 0 Å². The fraction of sp³-hybridized carbons (Fsp3) is 0.571. The number of aromatic nitrogens is 2. The number of hydrogen-bond acceptors (Lipinski definition) is 7. The van der Waals surface area contributed by atoms with E-state index in [9.17, 15) is 5.26 Å². The summed E-state index contributed by atoms with van der Waals surface area (Å²) in [5, 5.41) is 21.5. The molecule has 2 aliphatic rings. The van der Waals surface area contributed by atoms with Gasteiger partial charge in [-0.15, -0.1) is 0 Å². The highest BCUT2D eigenvalue weighted by Crippen LogP contribution is 2.29. The Bertz CT molecular complexity index is 616. The minimum Gasteiger partial charge on any atom is -0.410 e. The van der Waals surface area contributed by atoms with Gasteiger partial charge in [0, 0.05) is 38.1 Å². The highest BCUT2D eigenvalue weighted by Gasteiger charge is 2.37. The van der Waals surface area contributed by atoms with Crippen LogP contribution >= 0.6 is 11.6 Å². The molecule has 3 heterocycles. The minimum absolute atomic E-state index is 0.00939. The molecule has 22 heavy (non-hydrogen) atoms. The number of nitrogens with zero attached hydrogens (tertiary/aromatic N) is 6. The molecule has 2 saturated heterocycles. The van der Waals surface area contributed by atoms with Gasteiger partial charge in [0.15, 0.2) is 16.7 Å². The van der Waals surface area contributed by atoms with E-state index in [2.05, 4.69) is 31.0 Å². The summed E-state index contributed by atoms with van der Waals surface area (Å²) < 4.78 is 0. The monoisotopic (exact) mass is 320 g/mol. The molecule has 0 radical (unpaired) electrons. The minimum atomic E-state index is -0.00939. The zero-order valence-electron chi connectivity index (χ0n) is 12.1. The van der Waals surface area contributed by atoms with Gasteiger partial charge in [0.2, 0.25) is 0 Å².